The number of rotatable bonds is 5. The first-order valence-corrected chi connectivity index (χ1v) is 7.29. The van der Waals surface area contributed by atoms with E-state index in [2.05, 4.69) is 24.3 Å². The largest absolute Gasteiger partial charge is 0.265 e. The number of hydrogen-bond acceptors (Lipinski definition) is 2. The van der Waals surface area contributed by atoms with Crippen LogP contribution in [0.4, 0.5) is 0 Å². The minimum Gasteiger partial charge on any atom is -0.265 e. The van der Waals surface area contributed by atoms with E-state index >= 15 is 0 Å². The van der Waals surface area contributed by atoms with Crippen molar-refractivity contribution in [3.8, 4) is 0 Å². The second kappa shape index (κ2) is 6.27. The Hall–Kier alpha value is -1.73. The Labute approximate surface area is 107 Å². The maximum absolute atomic E-state index is 10.6. The van der Waals surface area contributed by atoms with E-state index in [9.17, 15) is 10.1 Å². The molecule has 18 heavy (non-hydrogen) atoms. The average molecular weight is 259 g/mol. The monoisotopic (exact) mass is 259 g/mol. The highest BCUT2D eigenvalue weighted by molar-refractivity contribution is 7.73. The van der Waals surface area contributed by atoms with Crippen molar-refractivity contribution in [3.63, 3.8) is 0 Å². The van der Waals surface area contributed by atoms with Crippen molar-refractivity contribution < 1.29 is 4.92 Å². The molecule has 0 fully saturated rings. The van der Waals surface area contributed by atoms with Gasteiger partial charge in [-0.05, 0) is 18.5 Å². The van der Waals surface area contributed by atoms with Crippen LogP contribution in [0.15, 0.2) is 60.7 Å². The van der Waals surface area contributed by atoms with Crippen molar-refractivity contribution >= 4 is 18.5 Å². The lowest BCUT2D eigenvalue weighted by molar-refractivity contribution is -0.474. The lowest BCUT2D eigenvalue weighted by Gasteiger charge is -2.16. The Kier molecular flexibility index (Phi) is 4.43. The zero-order chi connectivity index (χ0) is 12.8. The van der Waals surface area contributed by atoms with Gasteiger partial charge in [-0.25, -0.2) is 0 Å². The fourth-order valence-electron chi connectivity index (χ4n) is 1.80. The molecule has 0 bridgehead atoms. The van der Waals surface area contributed by atoms with E-state index in [1.807, 2.05) is 36.4 Å². The third-order valence-electron chi connectivity index (χ3n) is 2.64. The molecular weight excluding hydrogens is 245 g/mol. The van der Waals surface area contributed by atoms with Gasteiger partial charge in [0.05, 0.1) is 0 Å². The third kappa shape index (κ3) is 3.38. The number of nitro groups is 1. The highest BCUT2D eigenvalue weighted by Gasteiger charge is 2.15. The van der Waals surface area contributed by atoms with E-state index in [1.54, 1.807) is 0 Å². The van der Waals surface area contributed by atoms with E-state index in [-0.39, 0.29) is 11.5 Å². The molecule has 2 aromatic rings. The van der Waals surface area contributed by atoms with Gasteiger partial charge in [-0.2, -0.15) is 0 Å². The Balaban J connectivity index is 2.26. The van der Waals surface area contributed by atoms with Gasteiger partial charge in [-0.15, -0.1) is 0 Å². The summed E-state index contributed by atoms with van der Waals surface area (Å²) in [5.74, 6) is 0. The predicted octanol–water partition coefficient (Wildman–Crippen LogP) is 2.40. The van der Waals surface area contributed by atoms with Gasteiger partial charge in [-0.3, -0.25) is 10.1 Å². The molecule has 0 unspecified atom stereocenters. The van der Waals surface area contributed by atoms with Gasteiger partial charge in [-0.1, -0.05) is 60.7 Å². The number of nitrogens with zero attached hydrogens (tertiary/aromatic N) is 1. The molecule has 4 heteroatoms. The fraction of sp³-hybridized carbons (Fsp3) is 0.143. The topological polar surface area (TPSA) is 43.1 Å². The van der Waals surface area contributed by atoms with Crippen LogP contribution >= 0.6 is 7.92 Å². The van der Waals surface area contributed by atoms with E-state index in [0.717, 1.165) is 0 Å². The quantitative estimate of drug-likeness (QED) is 0.470. The maximum atomic E-state index is 10.6. The molecule has 0 atom stereocenters. The van der Waals surface area contributed by atoms with Crippen LogP contribution in [0, 0.1) is 10.1 Å². The van der Waals surface area contributed by atoms with Gasteiger partial charge in [0.25, 0.3) is 0 Å². The summed E-state index contributed by atoms with van der Waals surface area (Å²) in [6, 6.07) is 20.1. The van der Waals surface area contributed by atoms with Gasteiger partial charge in [0, 0.05) is 11.1 Å². The van der Waals surface area contributed by atoms with Crippen molar-refractivity contribution in [3.05, 3.63) is 70.8 Å². The highest BCUT2D eigenvalue weighted by atomic mass is 31.1. The molecule has 0 spiro atoms. The molecule has 0 heterocycles. The molecule has 0 N–H and O–H groups in total. The van der Waals surface area contributed by atoms with Crippen LogP contribution in [0.25, 0.3) is 0 Å². The molecular formula is C14H14NO2P. The fourth-order valence-corrected chi connectivity index (χ4v) is 4.05. The first-order valence-electron chi connectivity index (χ1n) is 5.77. The molecule has 92 valence electrons. The van der Waals surface area contributed by atoms with Crippen molar-refractivity contribution in [1.29, 1.82) is 0 Å². The lowest BCUT2D eigenvalue weighted by atomic mass is 10.4. The van der Waals surface area contributed by atoms with Gasteiger partial charge < -0.3 is 0 Å². The molecule has 0 aliphatic carbocycles. The summed E-state index contributed by atoms with van der Waals surface area (Å²) >= 11 is 0. The second-order valence-electron chi connectivity index (χ2n) is 3.88. The molecule has 0 saturated heterocycles. The summed E-state index contributed by atoms with van der Waals surface area (Å²) in [7, 11) is -0.625. The molecule has 0 amide bonds. The van der Waals surface area contributed by atoms with Gasteiger partial charge in [0.2, 0.25) is 6.54 Å². The smallest absolute Gasteiger partial charge is 0.208 e. The standard InChI is InChI=1S/C14H14NO2P/c16-15(17)11-12-18(13-7-3-1-4-8-13)14-9-5-2-6-10-14/h1-10H,11-12H2. The third-order valence-corrected chi connectivity index (χ3v) is 5.13. The summed E-state index contributed by atoms with van der Waals surface area (Å²) in [4.78, 5) is 10.3. The zero-order valence-electron chi connectivity index (χ0n) is 9.90. The minimum absolute atomic E-state index is 0.0233. The minimum atomic E-state index is -0.625. The molecule has 0 radical (unpaired) electrons. The van der Waals surface area contributed by atoms with E-state index in [0.29, 0.717) is 6.16 Å². The Morgan fingerprint density at radius 3 is 1.72 bits per heavy atom. The first kappa shape index (κ1) is 12.7. The SMILES string of the molecule is O=[N+]([O-])CCP(c1ccccc1)c1ccccc1. The predicted molar refractivity (Wildman–Crippen MR) is 75.8 cm³/mol. The zero-order valence-corrected chi connectivity index (χ0v) is 10.8. The first-order chi connectivity index (χ1) is 8.77. The lowest BCUT2D eigenvalue weighted by Crippen LogP contribution is -2.18. The molecule has 2 aromatic carbocycles. The Bertz CT molecular complexity index is 462. The normalized spacial score (nSPS) is 10.5. The van der Waals surface area contributed by atoms with Crippen LogP contribution in [0.2, 0.25) is 0 Å². The molecule has 0 saturated carbocycles. The number of hydrogen-bond donors (Lipinski definition) is 0. The highest BCUT2D eigenvalue weighted by Crippen LogP contribution is 2.32. The van der Waals surface area contributed by atoms with Crippen molar-refractivity contribution in [2.75, 3.05) is 12.7 Å². The van der Waals surface area contributed by atoms with Crippen LogP contribution in [0.3, 0.4) is 0 Å². The molecule has 3 nitrogen and oxygen atoms in total. The summed E-state index contributed by atoms with van der Waals surface area (Å²) in [6.45, 7) is 0.0233. The summed E-state index contributed by atoms with van der Waals surface area (Å²) in [6.07, 6.45) is 0.594. The van der Waals surface area contributed by atoms with Crippen LogP contribution in [-0.4, -0.2) is 17.6 Å². The van der Waals surface area contributed by atoms with E-state index < -0.39 is 7.92 Å². The van der Waals surface area contributed by atoms with Crippen LogP contribution in [0.1, 0.15) is 0 Å². The van der Waals surface area contributed by atoms with Crippen LogP contribution < -0.4 is 10.6 Å². The van der Waals surface area contributed by atoms with Gasteiger partial charge >= 0.3 is 0 Å². The van der Waals surface area contributed by atoms with Crippen LogP contribution in [0.5, 0.6) is 0 Å². The number of benzene rings is 2. The summed E-state index contributed by atoms with van der Waals surface area (Å²) < 4.78 is 0. The average Bonchev–Trinajstić information content (AvgIpc) is 2.41. The van der Waals surface area contributed by atoms with Crippen molar-refractivity contribution in [1.82, 2.24) is 0 Å². The van der Waals surface area contributed by atoms with E-state index in [1.165, 1.54) is 10.6 Å². The van der Waals surface area contributed by atoms with Gasteiger partial charge in [0.15, 0.2) is 0 Å². The molecule has 0 aromatic heterocycles. The molecule has 0 aliphatic rings. The summed E-state index contributed by atoms with van der Waals surface area (Å²) in [5.41, 5.74) is 0. The van der Waals surface area contributed by atoms with Gasteiger partial charge in [0.1, 0.15) is 0 Å². The van der Waals surface area contributed by atoms with Crippen molar-refractivity contribution in [2.24, 2.45) is 0 Å². The van der Waals surface area contributed by atoms with Crippen LogP contribution in [-0.2, 0) is 0 Å². The Morgan fingerprint density at radius 1 is 0.889 bits per heavy atom. The van der Waals surface area contributed by atoms with Crippen molar-refractivity contribution in [2.45, 2.75) is 0 Å². The summed E-state index contributed by atoms with van der Waals surface area (Å²) in [5, 5.41) is 13.0. The maximum Gasteiger partial charge on any atom is 0.208 e. The van der Waals surface area contributed by atoms with E-state index in [4.69, 9.17) is 0 Å². The molecule has 2 rings (SSSR count). The molecule has 0 aliphatic heterocycles. The second-order valence-corrected chi connectivity index (χ2v) is 6.22. The Morgan fingerprint density at radius 2 is 1.33 bits per heavy atom.